The number of ketones is 1. The van der Waals surface area contributed by atoms with Crippen molar-refractivity contribution in [3.8, 4) is 0 Å². The smallest absolute Gasteiger partial charge is 0.420 e. The van der Waals surface area contributed by atoms with E-state index < -0.39 is 22.3 Å². The molecule has 2 rings (SSSR count). The molecule has 9 heteroatoms. The number of nitro benzene ring substituents is 1. The zero-order valence-electron chi connectivity index (χ0n) is 15.8. The van der Waals surface area contributed by atoms with Gasteiger partial charge in [0.1, 0.15) is 11.3 Å². The van der Waals surface area contributed by atoms with Crippen LogP contribution in [0.15, 0.2) is 36.5 Å². The lowest BCUT2D eigenvalue weighted by Gasteiger charge is -2.27. The summed E-state index contributed by atoms with van der Waals surface area (Å²) in [5.74, 6) is -0.490. The van der Waals surface area contributed by atoms with Gasteiger partial charge in [0.05, 0.1) is 10.5 Å². The van der Waals surface area contributed by atoms with E-state index in [0.717, 1.165) is 11.0 Å². The third kappa shape index (κ3) is 4.56. The van der Waals surface area contributed by atoms with Gasteiger partial charge in [-0.15, -0.1) is 0 Å². The number of hydrogen-bond acceptors (Lipinski definition) is 7. The highest BCUT2D eigenvalue weighted by molar-refractivity contribution is 6.03. The zero-order chi connectivity index (χ0) is 21.1. The lowest BCUT2D eigenvalue weighted by molar-refractivity contribution is -0.384. The number of ether oxygens (including phenoxy) is 1. The number of Topliss-reactive ketones (excluding diaryl/α,β-unsaturated/α-hetero) is 1. The van der Waals surface area contributed by atoms with Crippen LogP contribution in [0.4, 0.5) is 22.0 Å². The van der Waals surface area contributed by atoms with Crippen molar-refractivity contribution in [2.45, 2.75) is 33.3 Å². The second-order valence-corrected chi connectivity index (χ2v) is 6.87. The Balaban J connectivity index is 2.75. The average Bonchev–Trinajstić information content (AvgIpc) is 2.60. The van der Waals surface area contributed by atoms with Crippen LogP contribution in [0.2, 0.25) is 0 Å². The average molecular weight is 385 g/mol. The summed E-state index contributed by atoms with van der Waals surface area (Å²) in [4.78, 5) is 51.7. The summed E-state index contributed by atoms with van der Waals surface area (Å²) in [5, 5.41) is 11.6. The lowest BCUT2D eigenvalue weighted by Crippen LogP contribution is -2.35. The number of aromatic nitrogens is 1. The Bertz CT molecular complexity index is 949. The molecule has 0 aliphatic carbocycles. The molecule has 1 aromatic carbocycles. The van der Waals surface area contributed by atoms with Crippen LogP contribution in [-0.4, -0.2) is 33.7 Å². The maximum atomic E-state index is 12.9. The first kappa shape index (κ1) is 20.7. The van der Waals surface area contributed by atoms with Gasteiger partial charge in [0.15, 0.2) is 17.9 Å². The molecule has 0 fully saturated rings. The first-order valence-electron chi connectivity index (χ1n) is 8.28. The summed E-state index contributed by atoms with van der Waals surface area (Å²) in [6.45, 7) is 6.17. The fourth-order valence-electron chi connectivity index (χ4n) is 2.37. The van der Waals surface area contributed by atoms with Crippen molar-refractivity contribution in [3.63, 3.8) is 0 Å². The van der Waals surface area contributed by atoms with Gasteiger partial charge in [-0.25, -0.2) is 14.7 Å². The lowest BCUT2D eigenvalue weighted by atomic mass is 10.1. The molecular weight excluding hydrogens is 366 g/mol. The van der Waals surface area contributed by atoms with Gasteiger partial charge in [0, 0.05) is 17.8 Å². The number of carbonyl (C=O) groups excluding carboxylic acids is 3. The number of anilines is 2. The monoisotopic (exact) mass is 385 g/mol. The summed E-state index contributed by atoms with van der Waals surface area (Å²) in [6.07, 6.45) is 0.873. The van der Waals surface area contributed by atoms with E-state index in [0.29, 0.717) is 6.29 Å². The molecule has 0 atom stereocenters. The van der Waals surface area contributed by atoms with E-state index in [9.17, 15) is 24.5 Å². The van der Waals surface area contributed by atoms with Crippen molar-refractivity contribution in [2.75, 3.05) is 4.90 Å². The number of aldehydes is 1. The topological polar surface area (TPSA) is 120 Å². The van der Waals surface area contributed by atoms with Crippen LogP contribution in [0.1, 0.15) is 48.4 Å². The fraction of sp³-hybridized carbons (Fsp3) is 0.263. The van der Waals surface area contributed by atoms with E-state index >= 15 is 0 Å². The number of hydrogen-bond donors (Lipinski definition) is 0. The predicted molar refractivity (Wildman–Crippen MR) is 101 cm³/mol. The SMILES string of the molecule is CC(=O)c1ccc(N(C(=O)OC(C)(C)C)c2ncccc2C=O)c([N+](=O)[O-])c1. The van der Waals surface area contributed by atoms with Crippen molar-refractivity contribution in [1.82, 2.24) is 4.98 Å². The van der Waals surface area contributed by atoms with Crippen LogP contribution >= 0.6 is 0 Å². The van der Waals surface area contributed by atoms with Gasteiger partial charge in [-0.1, -0.05) is 0 Å². The number of rotatable bonds is 5. The Morgan fingerprint density at radius 3 is 2.46 bits per heavy atom. The molecule has 9 nitrogen and oxygen atoms in total. The first-order valence-corrected chi connectivity index (χ1v) is 8.28. The maximum absolute atomic E-state index is 12.9. The minimum atomic E-state index is -0.951. The molecule has 0 bridgehead atoms. The Labute approximate surface area is 161 Å². The quantitative estimate of drug-likeness (QED) is 0.329. The van der Waals surface area contributed by atoms with Crippen molar-refractivity contribution in [2.24, 2.45) is 0 Å². The predicted octanol–water partition coefficient (Wildman–Crippen LogP) is 4.08. The van der Waals surface area contributed by atoms with E-state index in [1.54, 1.807) is 20.8 Å². The van der Waals surface area contributed by atoms with Crippen molar-refractivity contribution in [3.05, 3.63) is 57.8 Å². The molecule has 28 heavy (non-hydrogen) atoms. The van der Waals surface area contributed by atoms with Crippen LogP contribution < -0.4 is 4.90 Å². The van der Waals surface area contributed by atoms with E-state index in [4.69, 9.17) is 4.74 Å². The maximum Gasteiger partial charge on any atom is 0.420 e. The van der Waals surface area contributed by atoms with Crippen LogP contribution in [0, 0.1) is 10.1 Å². The third-order valence-electron chi connectivity index (χ3n) is 3.55. The highest BCUT2D eigenvalue weighted by Gasteiger charge is 2.32. The molecule has 1 amide bonds. The van der Waals surface area contributed by atoms with Gasteiger partial charge >= 0.3 is 6.09 Å². The number of benzene rings is 1. The van der Waals surface area contributed by atoms with E-state index in [-0.39, 0.29) is 28.4 Å². The molecule has 1 aromatic heterocycles. The second-order valence-electron chi connectivity index (χ2n) is 6.87. The number of amides is 1. The molecule has 146 valence electrons. The fourth-order valence-corrected chi connectivity index (χ4v) is 2.37. The number of carbonyl (C=O) groups is 3. The molecule has 0 aliphatic heterocycles. The second kappa shape index (κ2) is 7.95. The molecule has 0 aliphatic rings. The van der Waals surface area contributed by atoms with Crippen LogP contribution in [0.3, 0.4) is 0 Å². The van der Waals surface area contributed by atoms with E-state index in [1.807, 2.05) is 0 Å². The molecule has 0 saturated heterocycles. The minimum Gasteiger partial charge on any atom is -0.443 e. The third-order valence-corrected chi connectivity index (χ3v) is 3.55. The standard InChI is InChI=1S/C19H19N3O6/c1-12(24)13-7-8-15(16(10-13)22(26)27)21(18(25)28-19(2,3)4)17-14(11-23)6-5-9-20-17/h5-11H,1-4H3. The van der Waals surface area contributed by atoms with Gasteiger partial charge < -0.3 is 4.74 Å². The molecule has 0 saturated carbocycles. The van der Waals surface area contributed by atoms with Gasteiger partial charge in [0.2, 0.25) is 0 Å². The van der Waals surface area contributed by atoms with Crippen molar-refractivity contribution < 1.29 is 24.0 Å². The van der Waals surface area contributed by atoms with Gasteiger partial charge in [-0.05, 0) is 52.0 Å². The summed E-state index contributed by atoms with van der Waals surface area (Å²) >= 11 is 0. The van der Waals surface area contributed by atoms with Gasteiger partial charge in [-0.3, -0.25) is 19.7 Å². The molecule has 0 unspecified atom stereocenters. The van der Waals surface area contributed by atoms with Crippen LogP contribution in [-0.2, 0) is 4.74 Å². The van der Waals surface area contributed by atoms with E-state index in [2.05, 4.69) is 4.98 Å². The number of nitro groups is 1. The Kier molecular flexibility index (Phi) is 5.87. The minimum absolute atomic E-state index is 0.0401. The largest absolute Gasteiger partial charge is 0.443 e. The first-order chi connectivity index (χ1) is 13.0. The molecule has 0 spiro atoms. The molecule has 2 aromatic rings. The highest BCUT2D eigenvalue weighted by Crippen LogP contribution is 2.36. The normalized spacial score (nSPS) is 10.9. The van der Waals surface area contributed by atoms with Crippen molar-refractivity contribution >= 4 is 35.4 Å². The summed E-state index contributed by atoms with van der Waals surface area (Å²) in [6, 6.07) is 6.59. The Hall–Kier alpha value is -3.62. The summed E-state index contributed by atoms with van der Waals surface area (Å²) in [5.41, 5.74) is -1.43. The summed E-state index contributed by atoms with van der Waals surface area (Å²) in [7, 11) is 0. The van der Waals surface area contributed by atoms with Crippen molar-refractivity contribution in [1.29, 1.82) is 0 Å². The number of nitrogens with zero attached hydrogens (tertiary/aromatic N) is 3. The highest BCUT2D eigenvalue weighted by atomic mass is 16.6. The zero-order valence-corrected chi connectivity index (χ0v) is 15.8. The Morgan fingerprint density at radius 2 is 1.93 bits per heavy atom. The van der Waals surface area contributed by atoms with Crippen LogP contribution in [0.5, 0.6) is 0 Å². The van der Waals surface area contributed by atoms with Crippen LogP contribution in [0.25, 0.3) is 0 Å². The molecule has 1 heterocycles. The molecule has 0 N–H and O–H groups in total. The molecule has 0 radical (unpaired) electrons. The van der Waals surface area contributed by atoms with Gasteiger partial charge in [0.25, 0.3) is 5.69 Å². The van der Waals surface area contributed by atoms with E-state index in [1.165, 1.54) is 37.4 Å². The number of pyridine rings is 1. The molecular formula is C19H19N3O6. The van der Waals surface area contributed by atoms with Gasteiger partial charge in [-0.2, -0.15) is 0 Å². The summed E-state index contributed by atoms with van der Waals surface area (Å²) < 4.78 is 5.36. The Morgan fingerprint density at radius 1 is 1.25 bits per heavy atom.